The molecule has 10 heteroatoms. The Balaban J connectivity index is 1.50. The molecule has 2 heterocycles. The molecule has 0 spiro atoms. The van der Waals surface area contributed by atoms with Gasteiger partial charge in [0, 0.05) is 29.3 Å². The third-order valence-electron chi connectivity index (χ3n) is 6.31. The molecule has 0 bridgehead atoms. The number of urea groups is 1. The molecule has 3 aromatic rings. The van der Waals surface area contributed by atoms with Gasteiger partial charge in [-0.05, 0) is 29.7 Å². The molecule has 1 atom stereocenters. The molecule has 1 aliphatic rings. The van der Waals surface area contributed by atoms with Gasteiger partial charge in [-0.25, -0.2) is 14.8 Å². The van der Waals surface area contributed by atoms with Gasteiger partial charge in [0.15, 0.2) is 11.5 Å². The molecular formula is C29H34N4O6. The average molecular weight is 535 g/mol. The molecule has 2 aromatic carbocycles. The fraction of sp³-hybridized carbons (Fsp3) is 0.345. The summed E-state index contributed by atoms with van der Waals surface area (Å²) in [4.78, 5) is 21.4. The number of nitrogens with one attached hydrogen (secondary N) is 2. The number of amides is 2. The van der Waals surface area contributed by atoms with E-state index >= 15 is 0 Å². The summed E-state index contributed by atoms with van der Waals surface area (Å²) in [5.74, 6) is 0.208. The number of carbonyl (C=O) groups is 1. The Labute approximate surface area is 227 Å². The van der Waals surface area contributed by atoms with Crippen LogP contribution < -0.4 is 24.8 Å². The van der Waals surface area contributed by atoms with Crippen LogP contribution in [0.1, 0.15) is 34.6 Å². The maximum Gasteiger partial charge on any atom is 0.323 e. The van der Waals surface area contributed by atoms with Crippen LogP contribution in [0.3, 0.4) is 0 Å². The van der Waals surface area contributed by atoms with Crippen molar-refractivity contribution < 1.29 is 28.8 Å². The Morgan fingerprint density at radius 1 is 1.05 bits per heavy atom. The van der Waals surface area contributed by atoms with Crippen LogP contribution in [0.2, 0.25) is 0 Å². The molecule has 1 unspecified atom stereocenters. The van der Waals surface area contributed by atoms with Gasteiger partial charge in [-0.1, -0.05) is 40.7 Å². The number of aliphatic hydroxyl groups is 1. The smallest absolute Gasteiger partial charge is 0.323 e. The fourth-order valence-electron chi connectivity index (χ4n) is 4.26. The number of hydrogen-bond acceptors (Lipinski definition) is 8. The van der Waals surface area contributed by atoms with Crippen LogP contribution in [0.25, 0.3) is 10.9 Å². The van der Waals surface area contributed by atoms with E-state index < -0.39 is 11.8 Å². The molecule has 10 nitrogen and oxygen atoms in total. The van der Waals surface area contributed by atoms with Gasteiger partial charge in [0.25, 0.3) is 0 Å². The molecule has 39 heavy (non-hydrogen) atoms. The fourth-order valence-corrected chi connectivity index (χ4v) is 4.26. The van der Waals surface area contributed by atoms with Crippen LogP contribution in [0.15, 0.2) is 66.3 Å². The first kappa shape index (κ1) is 27.7. The SMILES string of the molecule is COc1cc2ncnc(Oc3cccc(NC(=O)NC4=COC(O)(C(C)C)C(C(C)(C)C)=C4)c3)c2cc1OC. The van der Waals surface area contributed by atoms with E-state index in [9.17, 15) is 9.90 Å². The van der Waals surface area contributed by atoms with E-state index in [2.05, 4.69) is 20.6 Å². The molecule has 0 radical (unpaired) electrons. The van der Waals surface area contributed by atoms with Crippen molar-refractivity contribution in [2.75, 3.05) is 19.5 Å². The van der Waals surface area contributed by atoms with Crippen molar-refractivity contribution in [3.63, 3.8) is 0 Å². The summed E-state index contributed by atoms with van der Waals surface area (Å²) < 4.78 is 22.5. The first-order valence-electron chi connectivity index (χ1n) is 12.5. The summed E-state index contributed by atoms with van der Waals surface area (Å²) in [7, 11) is 3.11. The van der Waals surface area contributed by atoms with Gasteiger partial charge in [0.1, 0.15) is 18.3 Å². The largest absolute Gasteiger partial charge is 0.493 e. The van der Waals surface area contributed by atoms with Gasteiger partial charge in [-0.2, -0.15) is 0 Å². The van der Waals surface area contributed by atoms with Crippen molar-refractivity contribution in [3.05, 3.63) is 66.3 Å². The Kier molecular flexibility index (Phi) is 7.69. The van der Waals surface area contributed by atoms with Gasteiger partial charge in [-0.15, -0.1) is 0 Å². The standard InChI is InChI=1S/C29H34N4O6/c1-17(2)29(35)25(28(3,4)5)12-19(15-38-29)33-27(34)32-18-9-8-10-20(11-18)39-26-21-13-23(36-6)24(37-7)14-22(21)30-16-31-26/h8-17,35H,1-7H3,(H2,32,33,34). The molecule has 2 amide bonds. The highest BCUT2D eigenvalue weighted by Crippen LogP contribution is 2.42. The van der Waals surface area contributed by atoms with Gasteiger partial charge in [0.2, 0.25) is 11.7 Å². The van der Waals surface area contributed by atoms with Gasteiger partial charge >= 0.3 is 6.03 Å². The molecule has 0 aliphatic carbocycles. The van der Waals surface area contributed by atoms with Crippen LogP contribution in [-0.4, -0.2) is 41.1 Å². The van der Waals surface area contributed by atoms with Gasteiger partial charge in [-0.3, -0.25) is 0 Å². The number of rotatable bonds is 7. The van der Waals surface area contributed by atoms with E-state index in [1.165, 1.54) is 12.6 Å². The minimum Gasteiger partial charge on any atom is -0.493 e. The van der Waals surface area contributed by atoms with Crippen molar-refractivity contribution in [3.8, 4) is 23.1 Å². The summed E-state index contributed by atoms with van der Waals surface area (Å²) in [6, 6.07) is 9.92. The minimum atomic E-state index is -1.45. The Morgan fingerprint density at radius 3 is 2.44 bits per heavy atom. The maximum atomic E-state index is 12.8. The maximum absolute atomic E-state index is 12.8. The van der Waals surface area contributed by atoms with Gasteiger partial charge < -0.3 is 34.7 Å². The molecule has 0 saturated heterocycles. The molecular weight excluding hydrogens is 500 g/mol. The van der Waals surface area contributed by atoms with Crippen LogP contribution in [-0.2, 0) is 4.74 Å². The topological polar surface area (TPSA) is 124 Å². The summed E-state index contributed by atoms with van der Waals surface area (Å²) >= 11 is 0. The van der Waals surface area contributed by atoms with Gasteiger partial charge in [0.05, 0.1) is 30.8 Å². The lowest BCUT2D eigenvalue weighted by atomic mass is 9.76. The molecule has 3 N–H and O–H groups in total. The monoisotopic (exact) mass is 534 g/mol. The lowest BCUT2D eigenvalue weighted by Gasteiger charge is -2.41. The lowest BCUT2D eigenvalue weighted by molar-refractivity contribution is -0.178. The lowest BCUT2D eigenvalue weighted by Crippen LogP contribution is -2.45. The Hall–Kier alpha value is -4.31. The van der Waals surface area contributed by atoms with E-state index in [1.54, 1.807) is 56.7 Å². The van der Waals surface area contributed by atoms with Crippen molar-refractivity contribution in [1.29, 1.82) is 0 Å². The third-order valence-corrected chi connectivity index (χ3v) is 6.31. The number of methoxy groups -OCH3 is 2. The van der Waals surface area contributed by atoms with E-state index in [4.69, 9.17) is 18.9 Å². The number of fused-ring (bicyclic) bond motifs is 1. The second-order valence-electron chi connectivity index (χ2n) is 10.5. The second kappa shape index (κ2) is 10.8. The molecule has 4 rings (SSSR count). The minimum absolute atomic E-state index is 0.188. The summed E-state index contributed by atoms with van der Waals surface area (Å²) in [5.41, 5.74) is 1.83. The van der Waals surface area contributed by atoms with Crippen molar-refractivity contribution in [2.24, 2.45) is 11.3 Å². The first-order valence-corrected chi connectivity index (χ1v) is 12.5. The van der Waals surface area contributed by atoms with E-state index in [0.717, 1.165) is 0 Å². The molecule has 1 aromatic heterocycles. The number of allylic oxidation sites excluding steroid dienone is 1. The normalized spacial score (nSPS) is 17.2. The summed E-state index contributed by atoms with van der Waals surface area (Å²) in [5, 5.41) is 17.3. The Bertz CT molecular complexity index is 1440. The zero-order valence-corrected chi connectivity index (χ0v) is 23.2. The van der Waals surface area contributed by atoms with Crippen molar-refractivity contribution in [1.82, 2.24) is 15.3 Å². The molecule has 0 saturated carbocycles. The van der Waals surface area contributed by atoms with E-state index in [1.807, 2.05) is 34.6 Å². The van der Waals surface area contributed by atoms with Crippen LogP contribution in [0.5, 0.6) is 23.1 Å². The molecule has 1 aliphatic heterocycles. The molecule has 0 fully saturated rings. The number of anilines is 1. The highest BCUT2D eigenvalue weighted by Gasteiger charge is 2.44. The number of carbonyl (C=O) groups excluding carboxylic acids is 1. The average Bonchev–Trinajstić information content (AvgIpc) is 2.88. The van der Waals surface area contributed by atoms with Crippen molar-refractivity contribution >= 4 is 22.6 Å². The summed E-state index contributed by atoms with van der Waals surface area (Å²) in [6.07, 6.45) is 4.52. The van der Waals surface area contributed by atoms with Crippen LogP contribution in [0, 0.1) is 11.3 Å². The zero-order chi connectivity index (χ0) is 28.4. The van der Waals surface area contributed by atoms with Crippen molar-refractivity contribution in [2.45, 2.75) is 40.4 Å². The highest BCUT2D eigenvalue weighted by atomic mass is 16.6. The molecule has 206 valence electrons. The number of benzene rings is 2. The number of aromatic nitrogens is 2. The van der Waals surface area contributed by atoms with E-state index in [-0.39, 0.29) is 11.3 Å². The first-order chi connectivity index (χ1) is 18.4. The highest BCUT2D eigenvalue weighted by molar-refractivity contribution is 5.91. The zero-order valence-electron chi connectivity index (χ0n) is 23.2. The summed E-state index contributed by atoms with van der Waals surface area (Å²) in [6.45, 7) is 9.71. The quantitative estimate of drug-likeness (QED) is 0.350. The number of hydrogen-bond donors (Lipinski definition) is 3. The number of nitrogens with zero attached hydrogens (tertiary/aromatic N) is 2. The van der Waals surface area contributed by atoms with E-state index in [0.29, 0.717) is 51.0 Å². The predicted molar refractivity (Wildman–Crippen MR) is 148 cm³/mol. The Morgan fingerprint density at radius 2 is 1.77 bits per heavy atom. The number of ether oxygens (including phenoxy) is 4. The predicted octanol–water partition coefficient (Wildman–Crippen LogP) is 5.75. The van der Waals surface area contributed by atoms with Crippen LogP contribution >= 0.6 is 0 Å². The third kappa shape index (κ3) is 5.91. The van der Waals surface area contributed by atoms with Crippen LogP contribution in [0.4, 0.5) is 10.5 Å². The second-order valence-corrected chi connectivity index (χ2v) is 10.5.